The van der Waals surface area contributed by atoms with Crippen LogP contribution in [0.2, 0.25) is 0 Å². The number of fused-ring (bicyclic) bond motifs is 3. The van der Waals surface area contributed by atoms with Gasteiger partial charge in [0.15, 0.2) is 0 Å². The Kier molecular flexibility index (Phi) is 6.06. The molecule has 1 aromatic carbocycles. The van der Waals surface area contributed by atoms with Gasteiger partial charge in [-0.25, -0.2) is 0 Å². The van der Waals surface area contributed by atoms with Crippen molar-refractivity contribution in [2.24, 2.45) is 5.92 Å². The summed E-state index contributed by atoms with van der Waals surface area (Å²) >= 11 is 0. The van der Waals surface area contributed by atoms with Crippen molar-refractivity contribution < 1.29 is 4.79 Å². The molecule has 8 nitrogen and oxygen atoms in total. The molecule has 1 amide bonds. The Morgan fingerprint density at radius 2 is 1.90 bits per heavy atom. The van der Waals surface area contributed by atoms with Crippen LogP contribution in [0.3, 0.4) is 0 Å². The van der Waals surface area contributed by atoms with Crippen LogP contribution < -0.4 is 10.9 Å². The number of amides is 1. The van der Waals surface area contributed by atoms with Crippen LogP contribution >= 0.6 is 0 Å². The average Bonchev–Trinajstić information content (AvgIpc) is 3.20. The van der Waals surface area contributed by atoms with E-state index in [2.05, 4.69) is 34.3 Å². The van der Waals surface area contributed by atoms with Crippen LogP contribution in [0.15, 0.2) is 53.5 Å². The standard InChI is InChI=1S/C23H26N6O2/c1-16(2)12-14-28-22(31)18-8-3-4-9-19(18)29-20(26-27-23(28)29)10-11-21(30)25-15-17-7-5-6-13-24-17/h3-9,13,16H,10-12,14-15H2,1-2H3,(H,25,30). The molecule has 1 N–H and O–H groups in total. The normalized spacial score (nSPS) is 11.5. The molecule has 0 fully saturated rings. The predicted molar refractivity (Wildman–Crippen MR) is 119 cm³/mol. The molecule has 0 saturated carbocycles. The minimum atomic E-state index is -0.0835. The van der Waals surface area contributed by atoms with Crippen molar-refractivity contribution in [2.75, 3.05) is 0 Å². The van der Waals surface area contributed by atoms with E-state index in [9.17, 15) is 9.59 Å². The number of para-hydroxylation sites is 1. The molecular weight excluding hydrogens is 392 g/mol. The first-order valence-electron chi connectivity index (χ1n) is 10.6. The van der Waals surface area contributed by atoms with E-state index in [0.29, 0.717) is 42.4 Å². The number of hydrogen-bond acceptors (Lipinski definition) is 5. The van der Waals surface area contributed by atoms with Crippen LogP contribution in [-0.2, 0) is 24.3 Å². The largest absolute Gasteiger partial charge is 0.350 e. The van der Waals surface area contributed by atoms with E-state index in [-0.39, 0.29) is 17.9 Å². The highest BCUT2D eigenvalue weighted by molar-refractivity contribution is 5.80. The van der Waals surface area contributed by atoms with Crippen molar-refractivity contribution in [3.05, 3.63) is 70.5 Å². The van der Waals surface area contributed by atoms with Crippen LogP contribution in [0.1, 0.15) is 38.2 Å². The number of hydrogen-bond donors (Lipinski definition) is 1. The van der Waals surface area contributed by atoms with E-state index in [4.69, 9.17) is 0 Å². The number of nitrogens with one attached hydrogen (secondary N) is 1. The first-order chi connectivity index (χ1) is 15.0. The zero-order chi connectivity index (χ0) is 21.8. The highest BCUT2D eigenvalue weighted by Crippen LogP contribution is 2.16. The zero-order valence-electron chi connectivity index (χ0n) is 17.8. The smallest absolute Gasteiger partial charge is 0.262 e. The summed E-state index contributed by atoms with van der Waals surface area (Å²) in [6.07, 6.45) is 3.26. The van der Waals surface area contributed by atoms with Gasteiger partial charge in [0.1, 0.15) is 5.82 Å². The first-order valence-corrected chi connectivity index (χ1v) is 10.6. The quantitative estimate of drug-likeness (QED) is 0.475. The highest BCUT2D eigenvalue weighted by atomic mass is 16.1. The fourth-order valence-electron chi connectivity index (χ4n) is 3.57. The van der Waals surface area contributed by atoms with Crippen molar-refractivity contribution in [3.63, 3.8) is 0 Å². The molecular formula is C23H26N6O2. The number of aromatic nitrogens is 5. The molecule has 4 aromatic rings. The summed E-state index contributed by atoms with van der Waals surface area (Å²) in [5.74, 6) is 1.56. The van der Waals surface area contributed by atoms with Crippen molar-refractivity contribution in [1.82, 2.24) is 29.5 Å². The van der Waals surface area contributed by atoms with Crippen molar-refractivity contribution in [2.45, 2.75) is 46.2 Å². The zero-order valence-corrected chi connectivity index (χ0v) is 17.8. The van der Waals surface area contributed by atoms with Crippen molar-refractivity contribution in [1.29, 1.82) is 0 Å². The molecule has 4 rings (SSSR count). The molecule has 0 saturated heterocycles. The van der Waals surface area contributed by atoms with E-state index in [1.807, 2.05) is 46.9 Å². The molecule has 3 heterocycles. The summed E-state index contributed by atoms with van der Waals surface area (Å²) < 4.78 is 3.60. The highest BCUT2D eigenvalue weighted by Gasteiger charge is 2.17. The monoisotopic (exact) mass is 418 g/mol. The number of benzene rings is 1. The first kappa shape index (κ1) is 20.7. The lowest BCUT2D eigenvalue weighted by Crippen LogP contribution is -2.25. The lowest BCUT2D eigenvalue weighted by molar-refractivity contribution is -0.121. The minimum Gasteiger partial charge on any atom is -0.350 e. The van der Waals surface area contributed by atoms with Crippen molar-refractivity contribution >= 4 is 22.6 Å². The summed E-state index contributed by atoms with van der Waals surface area (Å²) in [7, 11) is 0. The molecule has 0 atom stereocenters. The van der Waals surface area contributed by atoms with E-state index in [1.54, 1.807) is 10.8 Å². The Bertz CT molecular complexity index is 1260. The second-order valence-electron chi connectivity index (χ2n) is 8.01. The van der Waals surface area contributed by atoms with Crippen LogP contribution in [-0.4, -0.2) is 30.1 Å². The van der Waals surface area contributed by atoms with Crippen LogP contribution in [0.4, 0.5) is 0 Å². The van der Waals surface area contributed by atoms with E-state index >= 15 is 0 Å². The lowest BCUT2D eigenvalue weighted by Gasteiger charge is -2.12. The molecule has 0 aliphatic carbocycles. The van der Waals surface area contributed by atoms with Gasteiger partial charge in [0, 0.05) is 25.6 Å². The average molecular weight is 419 g/mol. The molecule has 0 aliphatic rings. The Morgan fingerprint density at radius 3 is 2.68 bits per heavy atom. The topological polar surface area (TPSA) is 94.2 Å². The summed E-state index contributed by atoms with van der Waals surface area (Å²) in [5, 5.41) is 12.1. The van der Waals surface area contributed by atoms with Gasteiger partial charge in [0.25, 0.3) is 5.56 Å². The number of carbonyl (C=O) groups is 1. The van der Waals surface area contributed by atoms with Gasteiger partial charge >= 0.3 is 0 Å². The molecule has 0 bridgehead atoms. The molecule has 160 valence electrons. The Labute approximate surface area is 180 Å². The molecule has 31 heavy (non-hydrogen) atoms. The van der Waals surface area contributed by atoms with Gasteiger partial charge in [-0.05, 0) is 36.6 Å². The fraction of sp³-hybridized carbons (Fsp3) is 0.348. The third-order valence-corrected chi connectivity index (χ3v) is 5.27. The summed E-state index contributed by atoms with van der Waals surface area (Å²) in [6, 6.07) is 13.1. The van der Waals surface area contributed by atoms with E-state index < -0.39 is 0 Å². The van der Waals surface area contributed by atoms with Crippen LogP contribution in [0.5, 0.6) is 0 Å². The van der Waals surface area contributed by atoms with E-state index in [0.717, 1.165) is 17.6 Å². The number of aryl methyl sites for hydroxylation is 2. The second kappa shape index (κ2) is 9.07. The van der Waals surface area contributed by atoms with Gasteiger partial charge in [0.05, 0.1) is 23.1 Å². The van der Waals surface area contributed by atoms with E-state index in [1.165, 1.54) is 0 Å². The van der Waals surface area contributed by atoms with Gasteiger partial charge in [-0.3, -0.25) is 23.5 Å². The third-order valence-electron chi connectivity index (χ3n) is 5.27. The van der Waals surface area contributed by atoms with Gasteiger partial charge in [-0.2, -0.15) is 0 Å². The van der Waals surface area contributed by atoms with Gasteiger partial charge in [0.2, 0.25) is 11.7 Å². The Balaban J connectivity index is 1.60. The second-order valence-corrected chi connectivity index (χ2v) is 8.01. The van der Waals surface area contributed by atoms with Gasteiger partial charge in [-0.1, -0.05) is 32.0 Å². The van der Waals surface area contributed by atoms with Crippen LogP contribution in [0.25, 0.3) is 16.7 Å². The summed E-state index contributed by atoms with van der Waals surface area (Å²) in [5.41, 5.74) is 1.51. The third kappa shape index (κ3) is 4.47. The summed E-state index contributed by atoms with van der Waals surface area (Å²) in [6.45, 7) is 5.22. The SMILES string of the molecule is CC(C)CCn1c(=O)c2ccccc2n2c(CCC(=O)NCc3ccccn3)nnc12. The lowest BCUT2D eigenvalue weighted by atomic mass is 10.1. The molecule has 0 aliphatic heterocycles. The number of rotatable bonds is 8. The Hall–Kier alpha value is -3.55. The number of carbonyl (C=O) groups excluding carboxylic acids is 1. The van der Waals surface area contributed by atoms with Crippen molar-refractivity contribution in [3.8, 4) is 0 Å². The van der Waals surface area contributed by atoms with Gasteiger partial charge < -0.3 is 5.32 Å². The number of nitrogens with zero attached hydrogens (tertiary/aromatic N) is 5. The predicted octanol–water partition coefficient (Wildman–Crippen LogP) is 2.73. The maximum absolute atomic E-state index is 13.1. The molecule has 0 unspecified atom stereocenters. The van der Waals surface area contributed by atoms with Gasteiger partial charge in [-0.15, -0.1) is 10.2 Å². The molecule has 8 heteroatoms. The molecule has 0 spiro atoms. The fourth-order valence-corrected chi connectivity index (χ4v) is 3.57. The number of pyridine rings is 1. The Morgan fingerprint density at radius 1 is 1.10 bits per heavy atom. The maximum atomic E-state index is 13.1. The minimum absolute atomic E-state index is 0.0594. The summed E-state index contributed by atoms with van der Waals surface area (Å²) in [4.78, 5) is 29.6. The maximum Gasteiger partial charge on any atom is 0.262 e. The molecule has 0 radical (unpaired) electrons. The van der Waals surface area contributed by atoms with Crippen LogP contribution in [0, 0.1) is 5.92 Å². The molecule has 3 aromatic heterocycles.